The molecular formula is C36H58F6Si. The van der Waals surface area contributed by atoms with Crippen LogP contribution in [0.4, 0.5) is 26.3 Å². The van der Waals surface area contributed by atoms with E-state index in [2.05, 4.69) is 26.9 Å². The third kappa shape index (κ3) is 5.91. The van der Waals surface area contributed by atoms with Crippen LogP contribution in [0.5, 0.6) is 0 Å². The van der Waals surface area contributed by atoms with E-state index in [-0.39, 0.29) is 23.7 Å². The molecule has 6 saturated carbocycles. The van der Waals surface area contributed by atoms with Crippen molar-refractivity contribution in [2.24, 2.45) is 71.0 Å². The van der Waals surface area contributed by atoms with E-state index in [1.54, 1.807) is 0 Å². The highest BCUT2D eigenvalue weighted by Crippen LogP contribution is 2.68. The molecule has 6 aliphatic rings. The van der Waals surface area contributed by atoms with Crippen LogP contribution < -0.4 is 0 Å². The second-order valence-corrected chi connectivity index (χ2v) is 22.3. The van der Waals surface area contributed by atoms with Crippen molar-refractivity contribution >= 4 is 8.07 Å². The predicted molar refractivity (Wildman–Crippen MR) is 164 cm³/mol. The van der Waals surface area contributed by atoms with E-state index >= 15 is 0 Å². The zero-order valence-electron chi connectivity index (χ0n) is 27.2. The number of fused-ring (bicyclic) bond motifs is 2. The van der Waals surface area contributed by atoms with Crippen molar-refractivity contribution in [1.82, 2.24) is 0 Å². The Morgan fingerprint density at radius 1 is 0.419 bits per heavy atom. The van der Waals surface area contributed by atoms with Crippen molar-refractivity contribution in [1.29, 1.82) is 0 Å². The van der Waals surface area contributed by atoms with Gasteiger partial charge in [-0.25, -0.2) is 0 Å². The van der Waals surface area contributed by atoms with Gasteiger partial charge < -0.3 is 0 Å². The summed E-state index contributed by atoms with van der Waals surface area (Å²) in [6, 6.07) is 0. The molecule has 248 valence electrons. The van der Waals surface area contributed by atoms with Gasteiger partial charge in [0.1, 0.15) is 0 Å². The van der Waals surface area contributed by atoms with Crippen LogP contribution in [-0.4, -0.2) is 20.4 Å². The van der Waals surface area contributed by atoms with Gasteiger partial charge in [0.05, 0.1) is 19.9 Å². The molecule has 0 N–H and O–H groups in total. The first-order chi connectivity index (χ1) is 20.2. The molecule has 0 bridgehead atoms. The topological polar surface area (TPSA) is 0 Å². The summed E-state index contributed by atoms with van der Waals surface area (Å²) >= 11 is 0. The maximum atomic E-state index is 14.2. The first kappa shape index (κ1) is 32.7. The number of rotatable bonds is 4. The number of hydrogen-bond donors (Lipinski definition) is 0. The van der Waals surface area contributed by atoms with Crippen LogP contribution in [0, 0.1) is 71.0 Å². The third-order valence-corrected chi connectivity index (χ3v) is 20.5. The van der Waals surface area contributed by atoms with Gasteiger partial charge in [-0.1, -0.05) is 78.3 Å². The molecule has 0 aromatic carbocycles. The van der Waals surface area contributed by atoms with Crippen LogP contribution in [0.25, 0.3) is 0 Å². The van der Waals surface area contributed by atoms with Crippen LogP contribution in [0.1, 0.15) is 117 Å². The summed E-state index contributed by atoms with van der Waals surface area (Å²) in [7, 11) is -1.89. The Hall–Kier alpha value is -0.203. The zero-order chi connectivity index (χ0) is 30.9. The molecule has 0 aromatic rings. The van der Waals surface area contributed by atoms with Crippen molar-refractivity contribution in [3.8, 4) is 0 Å². The lowest BCUT2D eigenvalue weighted by Gasteiger charge is -2.51. The molecule has 0 saturated heterocycles. The molecule has 6 rings (SSSR count). The lowest BCUT2D eigenvalue weighted by molar-refractivity contribution is -0.206. The van der Waals surface area contributed by atoms with E-state index in [0.29, 0.717) is 72.3 Å². The van der Waals surface area contributed by atoms with Crippen molar-refractivity contribution in [2.75, 3.05) is 0 Å². The van der Waals surface area contributed by atoms with Gasteiger partial charge in [-0.15, -0.1) is 0 Å². The average molecular weight is 633 g/mol. The normalized spacial score (nSPS) is 48.1. The standard InChI is InChI=1S/C36H58F6Si/c1-21-19-29-23(25-11-5-7-17-31(25)35(37,38)39)13-9-15-27(29)33(21)43(3,4)34-22(2)20-30-24(14-10-16-28(30)34)26-12-6-8-18-32(26)36(40,41)42/h21-34H,5-20H2,1-4H3. The minimum atomic E-state index is -4.08. The van der Waals surface area contributed by atoms with E-state index in [0.717, 1.165) is 64.2 Å². The maximum Gasteiger partial charge on any atom is 0.392 e. The fraction of sp³-hybridized carbons (Fsp3) is 1.00. The minimum absolute atomic E-state index is 0.191. The third-order valence-electron chi connectivity index (χ3n) is 15.1. The highest BCUT2D eigenvalue weighted by Gasteiger charge is 2.62. The number of hydrogen-bond acceptors (Lipinski definition) is 0. The minimum Gasteiger partial charge on any atom is -0.171 e. The highest BCUT2D eigenvalue weighted by molar-refractivity contribution is 6.80. The average Bonchev–Trinajstić information content (AvgIpc) is 3.48. The summed E-state index contributed by atoms with van der Waals surface area (Å²) in [4.78, 5) is 0. The summed E-state index contributed by atoms with van der Waals surface area (Å²) in [5.74, 6) is 0.959. The molecule has 0 radical (unpaired) electrons. The Morgan fingerprint density at radius 2 is 0.744 bits per heavy atom. The van der Waals surface area contributed by atoms with Gasteiger partial charge in [0, 0.05) is 0 Å². The molecule has 0 spiro atoms. The van der Waals surface area contributed by atoms with Gasteiger partial charge in [0.2, 0.25) is 0 Å². The molecule has 0 nitrogen and oxygen atoms in total. The molecule has 7 heteroatoms. The monoisotopic (exact) mass is 632 g/mol. The van der Waals surface area contributed by atoms with Crippen molar-refractivity contribution in [3.05, 3.63) is 0 Å². The lowest BCUT2D eigenvalue weighted by atomic mass is 9.61. The Kier molecular flexibility index (Phi) is 9.22. The Bertz CT molecular complexity index is 884. The Morgan fingerprint density at radius 3 is 1.12 bits per heavy atom. The number of halogens is 6. The maximum absolute atomic E-state index is 14.2. The van der Waals surface area contributed by atoms with Crippen molar-refractivity contribution < 1.29 is 26.3 Å². The second kappa shape index (κ2) is 12.1. The summed E-state index contributed by atoms with van der Waals surface area (Å²) in [6.07, 6.45) is 6.01. The first-order valence-corrected chi connectivity index (χ1v) is 21.5. The zero-order valence-corrected chi connectivity index (χ0v) is 28.2. The molecule has 43 heavy (non-hydrogen) atoms. The van der Waals surface area contributed by atoms with E-state index in [4.69, 9.17) is 0 Å². The molecule has 0 heterocycles. The van der Waals surface area contributed by atoms with Crippen LogP contribution in [-0.2, 0) is 0 Å². The van der Waals surface area contributed by atoms with Crippen molar-refractivity contribution in [3.63, 3.8) is 0 Å². The van der Waals surface area contributed by atoms with Gasteiger partial charge in [-0.2, -0.15) is 26.3 Å². The molecular weight excluding hydrogens is 574 g/mol. The summed E-state index contributed by atoms with van der Waals surface area (Å²) < 4.78 is 85.4. The first-order valence-electron chi connectivity index (χ1n) is 18.3. The highest BCUT2D eigenvalue weighted by atomic mass is 28.3. The lowest BCUT2D eigenvalue weighted by Crippen LogP contribution is -2.48. The fourth-order valence-corrected chi connectivity index (χ4v) is 21.0. The van der Waals surface area contributed by atoms with Crippen LogP contribution in [0.3, 0.4) is 0 Å². The predicted octanol–water partition coefficient (Wildman–Crippen LogP) is 12.3. The van der Waals surface area contributed by atoms with E-state index in [9.17, 15) is 26.3 Å². The Labute approximate surface area is 258 Å². The van der Waals surface area contributed by atoms with E-state index in [1.165, 1.54) is 12.8 Å². The van der Waals surface area contributed by atoms with Gasteiger partial charge in [0.15, 0.2) is 0 Å². The van der Waals surface area contributed by atoms with Crippen LogP contribution >= 0.6 is 0 Å². The summed E-state index contributed by atoms with van der Waals surface area (Å²) in [6.45, 7) is 10.1. The van der Waals surface area contributed by atoms with Crippen LogP contribution in [0.2, 0.25) is 24.2 Å². The van der Waals surface area contributed by atoms with Gasteiger partial charge in [-0.05, 0) is 122 Å². The fourth-order valence-electron chi connectivity index (χ4n) is 14.3. The van der Waals surface area contributed by atoms with Crippen molar-refractivity contribution in [2.45, 2.75) is 153 Å². The smallest absolute Gasteiger partial charge is 0.171 e. The van der Waals surface area contributed by atoms with Gasteiger partial charge in [-0.3, -0.25) is 0 Å². The SMILES string of the molecule is CC1CC2C(C3CCCCC3C(F)(F)F)CCCC2C1[Si](C)(C)C1C(C)CC2C(C3CCCCC3C(F)(F)F)CCCC21. The Balaban J connectivity index is 1.24. The molecule has 0 amide bonds. The molecule has 14 unspecified atom stereocenters. The van der Waals surface area contributed by atoms with Crippen LogP contribution in [0.15, 0.2) is 0 Å². The number of alkyl halides is 6. The molecule has 6 aliphatic carbocycles. The summed E-state index contributed by atoms with van der Waals surface area (Å²) in [5, 5.41) is 0. The summed E-state index contributed by atoms with van der Waals surface area (Å²) in [5.41, 5.74) is 1.27. The quantitative estimate of drug-likeness (QED) is 0.214. The second-order valence-electron chi connectivity index (χ2n) is 17.3. The molecule has 6 fully saturated rings. The van der Waals surface area contributed by atoms with Gasteiger partial charge in [0.25, 0.3) is 0 Å². The largest absolute Gasteiger partial charge is 0.392 e. The van der Waals surface area contributed by atoms with E-state index < -0.39 is 32.3 Å². The van der Waals surface area contributed by atoms with E-state index in [1.807, 2.05) is 0 Å². The molecule has 0 aromatic heterocycles. The van der Waals surface area contributed by atoms with Gasteiger partial charge >= 0.3 is 12.4 Å². The molecule has 14 atom stereocenters. The molecule has 0 aliphatic heterocycles.